The molecule has 0 N–H and O–H groups in total. The summed E-state index contributed by atoms with van der Waals surface area (Å²) in [6.07, 6.45) is 1.03. The highest BCUT2D eigenvalue weighted by atomic mass is 16.5. The van der Waals surface area contributed by atoms with Gasteiger partial charge >= 0.3 is 12.1 Å². The lowest BCUT2D eigenvalue weighted by molar-refractivity contribution is -0.153. The maximum absolute atomic E-state index is 11.8. The van der Waals surface area contributed by atoms with Gasteiger partial charge in [-0.15, -0.1) is 0 Å². The number of likely N-dealkylation sites (tertiary alicyclic amines) is 1. The molecule has 0 radical (unpaired) electrons. The van der Waals surface area contributed by atoms with Crippen molar-refractivity contribution in [2.45, 2.75) is 26.7 Å². The Labute approximate surface area is 119 Å². The number of ether oxygens (including phenoxy) is 2. The fraction of sp³-hybridized carbons (Fsp3) is 0.786. The second-order valence-corrected chi connectivity index (χ2v) is 5.15. The summed E-state index contributed by atoms with van der Waals surface area (Å²) in [6.45, 7) is 4.41. The second kappa shape index (κ2) is 7.26. The summed E-state index contributed by atoms with van der Waals surface area (Å²) in [7, 11) is 2.64. The van der Waals surface area contributed by atoms with Gasteiger partial charge in [-0.1, -0.05) is 13.3 Å². The van der Waals surface area contributed by atoms with E-state index in [2.05, 4.69) is 0 Å². The van der Waals surface area contributed by atoms with E-state index in [0.29, 0.717) is 19.5 Å². The molecule has 0 bridgehead atoms. The Morgan fingerprint density at radius 1 is 1.25 bits per heavy atom. The van der Waals surface area contributed by atoms with E-state index in [4.69, 9.17) is 9.47 Å². The molecule has 0 aromatic heterocycles. The van der Waals surface area contributed by atoms with Crippen molar-refractivity contribution < 1.29 is 23.9 Å². The van der Waals surface area contributed by atoms with Crippen molar-refractivity contribution in [2.75, 3.05) is 27.3 Å². The van der Waals surface area contributed by atoms with Crippen LogP contribution in [0.25, 0.3) is 0 Å². The van der Waals surface area contributed by atoms with Gasteiger partial charge in [-0.3, -0.25) is 9.59 Å². The lowest BCUT2D eigenvalue weighted by Crippen LogP contribution is -2.48. The molecule has 20 heavy (non-hydrogen) atoms. The molecule has 1 fully saturated rings. The van der Waals surface area contributed by atoms with Crippen LogP contribution in [-0.2, 0) is 19.1 Å². The van der Waals surface area contributed by atoms with E-state index in [1.807, 2.05) is 6.92 Å². The van der Waals surface area contributed by atoms with E-state index in [1.54, 1.807) is 4.90 Å². The van der Waals surface area contributed by atoms with Gasteiger partial charge in [-0.25, -0.2) is 4.79 Å². The lowest BCUT2D eigenvalue weighted by Gasteiger charge is -2.39. The number of hydrogen-bond acceptors (Lipinski definition) is 5. The Morgan fingerprint density at radius 2 is 1.90 bits per heavy atom. The first kappa shape index (κ1) is 16.5. The largest absolute Gasteiger partial charge is 0.468 e. The van der Waals surface area contributed by atoms with Crippen molar-refractivity contribution in [1.29, 1.82) is 0 Å². The van der Waals surface area contributed by atoms with Crippen LogP contribution < -0.4 is 0 Å². The van der Waals surface area contributed by atoms with Gasteiger partial charge in [0.2, 0.25) is 0 Å². The third kappa shape index (κ3) is 3.49. The minimum atomic E-state index is -0.732. The van der Waals surface area contributed by atoms with Crippen molar-refractivity contribution in [3.63, 3.8) is 0 Å². The number of piperidine rings is 1. The topological polar surface area (TPSA) is 72.9 Å². The van der Waals surface area contributed by atoms with E-state index in [9.17, 15) is 14.4 Å². The molecule has 0 aliphatic carbocycles. The number of methoxy groups -OCH3 is 2. The molecule has 1 rings (SSSR count). The van der Waals surface area contributed by atoms with Gasteiger partial charge < -0.3 is 14.4 Å². The zero-order chi connectivity index (χ0) is 15.3. The first-order chi connectivity index (χ1) is 9.46. The molecule has 1 unspecified atom stereocenters. The minimum Gasteiger partial charge on any atom is -0.468 e. The van der Waals surface area contributed by atoms with E-state index >= 15 is 0 Å². The van der Waals surface area contributed by atoms with Crippen molar-refractivity contribution in [3.8, 4) is 0 Å². The van der Waals surface area contributed by atoms with Crippen molar-refractivity contribution >= 4 is 17.8 Å². The van der Waals surface area contributed by atoms with E-state index in [-0.39, 0.29) is 23.7 Å². The number of hydrogen-bond donors (Lipinski definition) is 0. The number of Topliss-reactive ketones (excluding diaryl/α,β-unsaturated/α-hetero) is 1. The summed E-state index contributed by atoms with van der Waals surface area (Å²) in [6, 6.07) is 0. The van der Waals surface area contributed by atoms with Crippen LogP contribution in [0.5, 0.6) is 0 Å². The Balaban J connectivity index is 2.87. The molecule has 1 saturated heterocycles. The normalized spacial score (nSPS) is 23.9. The molecule has 0 saturated carbocycles. The molecule has 6 nitrogen and oxygen atoms in total. The molecular weight excluding hydrogens is 262 g/mol. The van der Waals surface area contributed by atoms with Crippen molar-refractivity contribution in [2.24, 2.45) is 17.8 Å². The highest BCUT2D eigenvalue weighted by Gasteiger charge is 2.41. The predicted octanol–water partition coefficient (Wildman–Crippen LogP) is 1.48. The van der Waals surface area contributed by atoms with E-state index in [1.165, 1.54) is 21.1 Å². The van der Waals surface area contributed by atoms with Crippen LogP contribution >= 0.6 is 0 Å². The molecule has 6 heteroatoms. The molecule has 0 aromatic carbocycles. The number of carbonyl (C=O) groups is 3. The number of carbonyl (C=O) groups excluding carboxylic acids is 3. The average molecular weight is 285 g/mol. The quantitative estimate of drug-likeness (QED) is 0.578. The molecule has 3 atom stereocenters. The molecule has 0 spiro atoms. The van der Waals surface area contributed by atoms with Crippen LogP contribution in [0.2, 0.25) is 0 Å². The van der Waals surface area contributed by atoms with Gasteiger partial charge in [-0.05, 0) is 25.2 Å². The first-order valence-corrected chi connectivity index (χ1v) is 6.87. The Morgan fingerprint density at radius 3 is 2.35 bits per heavy atom. The monoisotopic (exact) mass is 285 g/mol. The number of esters is 1. The minimum absolute atomic E-state index is 0.0779. The molecule has 1 heterocycles. The number of ketones is 1. The smallest absolute Gasteiger partial charge is 0.409 e. The van der Waals surface area contributed by atoms with Crippen LogP contribution in [0, 0.1) is 17.8 Å². The van der Waals surface area contributed by atoms with Crippen LogP contribution in [0.1, 0.15) is 26.7 Å². The van der Waals surface area contributed by atoms with Gasteiger partial charge in [-0.2, -0.15) is 0 Å². The SMILES string of the molecule is CC[C@H]1CN(C(=O)OC)CC[C@H]1C(C(C)=O)C(=O)OC. The fourth-order valence-electron chi connectivity index (χ4n) is 2.99. The first-order valence-electron chi connectivity index (χ1n) is 6.87. The fourth-order valence-corrected chi connectivity index (χ4v) is 2.99. The number of rotatable bonds is 4. The maximum atomic E-state index is 11.8. The average Bonchev–Trinajstić information content (AvgIpc) is 2.46. The predicted molar refractivity (Wildman–Crippen MR) is 72.1 cm³/mol. The summed E-state index contributed by atoms with van der Waals surface area (Å²) >= 11 is 0. The number of amides is 1. The highest BCUT2D eigenvalue weighted by molar-refractivity contribution is 5.98. The zero-order valence-electron chi connectivity index (χ0n) is 12.5. The van der Waals surface area contributed by atoms with Gasteiger partial charge in [0.25, 0.3) is 0 Å². The van der Waals surface area contributed by atoms with Crippen molar-refractivity contribution in [3.05, 3.63) is 0 Å². The molecule has 1 amide bonds. The summed E-state index contributed by atoms with van der Waals surface area (Å²) in [5.41, 5.74) is 0. The third-order valence-corrected chi connectivity index (χ3v) is 4.07. The maximum Gasteiger partial charge on any atom is 0.409 e. The van der Waals surface area contributed by atoms with Crippen molar-refractivity contribution in [1.82, 2.24) is 4.90 Å². The molecule has 0 aromatic rings. The van der Waals surface area contributed by atoms with Crippen LogP contribution in [0.3, 0.4) is 0 Å². The molecular formula is C14H23NO5. The third-order valence-electron chi connectivity index (χ3n) is 4.07. The molecule has 114 valence electrons. The Bertz CT molecular complexity index is 382. The summed E-state index contributed by atoms with van der Waals surface area (Å²) in [5.74, 6) is -1.37. The van der Waals surface area contributed by atoms with Crippen LogP contribution in [-0.4, -0.2) is 50.1 Å². The van der Waals surface area contributed by atoms with Gasteiger partial charge in [0.1, 0.15) is 11.7 Å². The summed E-state index contributed by atoms with van der Waals surface area (Å²) in [4.78, 5) is 36.8. The van der Waals surface area contributed by atoms with E-state index < -0.39 is 11.9 Å². The summed E-state index contributed by atoms with van der Waals surface area (Å²) in [5, 5.41) is 0. The standard InChI is InChI=1S/C14H23NO5/c1-5-10-8-15(14(18)20-4)7-6-11(10)12(9(2)16)13(17)19-3/h10-12H,5-8H2,1-4H3/t10-,11+,12?/m0/s1. The van der Waals surface area contributed by atoms with E-state index in [0.717, 1.165) is 6.42 Å². The lowest BCUT2D eigenvalue weighted by atomic mass is 9.74. The molecule has 1 aliphatic heterocycles. The number of nitrogens with zero attached hydrogens (tertiary/aromatic N) is 1. The second-order valence-electron chi connectivity index (χ2n) is 5.15. The van der Waals surface area contributed by atoms with Gasteiger partial charge in [0, 0.05) is 13.1 Å². The Hall–Kier alpha value is -1.59. The van der Waals surface area contributed by atoms with Gasteiger partial charge in [0.05, 0.1) is 14.2 Å². The zero-order valence-corrected chi connectivity index (χ0v) is 12.5. The van der Waals surface area contributed by atoms with Gasteiger partial charge in [0.15, 0.2) is 0 Å². The summed E-state index contributed by atoms with van der Waals surface area (Å²) < 4.78 is 9.47. The van der Waals surface area contributed by atoms with Crippen LogP contribution in [0.15, 0.2) is 0 Å². The Kier molecular flexibility index (Phi) is 5.98. The van der Waals surface area contributed by atoms with Crippen LogP contribution in [0.4, 0.5) is 4.79 Å². The molecule has 1 aliphatic rings. The highest BCUT2D eigenvalue weighted by Crippen LogP contribution is 2.33.